The largest absolute Gasteiger partial charge is 0.456 e. The number of furan rings is 2. The van der Waals surface area contributed by atoms with E-state index < -0.39 is 0 Å². The van der Waals surface area contributed by atoms with Crippen LogP contribution >= 0.6 is 0 Å². The molecule has 61 heavy (non-hydrogen) atoms. The third-order valence-corrected chi connectivity index (χ3v) is 12.7. The fourth-order valence-electron chi connectivity index (χ4n) is 9.21. The molecule has 0 N–H and O–H groups in total. The lowest BCUT2D eigenvalue weighted by molar-refractivity contribution is 0.638. The lowest BCUT2D eigenvalue weighted by Crippen LogP contribution is -2.10. The zero-order valence-electron chi connectivity index (χ0n) is 35.4. The van der Waals surface area contributed by atoms with Crippen LogP contribution in [-0.4, -0.2) is 0 Å². The van der Waals surface area contributed by atoms with Gasteiger partial charge in [-0.05, 0) is 181 Å². The van der Waals surface area contributed by atoms with Gasteiger partial charge in [-0.15, -0.1) is 0 Å². The first-order valence-electron chi connectivity index (χ1n) is 21.3. The summed E-state index contributed by atoms with van der Waals surface area (Å²) in [7, 11) is 0. The summed E-state index contributed by atoms with van der Waals surface area (Å²) in [5.74, 6) is 0.171. The third kappa shape index (κ3) is 6.13. The van der Waals surface area contributed by atoms with Gasteiger partial charge in [0.1, 0.15) is 22.3 Å². The summed E-state index contributed by atoms with van der Waals surface area (Å²) in [6.07, 6.45) is 0. The summed E-state index contributed by atoms with van der Waals surface area (Å²) in [5, 5.41) is 9.04. The van der Waals surface area contributed by atoms with Crippen molar-refractivity contribution < 1.29 is 8.83 Å². The topological polar surface area (TPSA) is 32.8 Å². The molecule has 0 saturated carbocycles. The molecule has 0 aliphatic heterocycles. The fourth-order valence-corrected chi connectivity index (χ4v) is 9.21. The molecule has 0 atom stereocenters. The van der Waals surface area contributed by atoms with Crippen molar-refractivity contribution in [2.24, 2.45) is 0 Å². The minimum atomic E-state index is 0.171. The Morgan fingerprint density at radius 2 is 0.754 bits per heavy atom. The quantitative estimate of drug-likeness (QED) is 0.161. The van der Waals surface area contributed by atoms with E-state index in [1.165, 1.54) is 33.0 Å². The Kier molecular flexibility index (Phi) is 8.54. The third-order valence-electron chi connectivity index (χ3n) is 12.7. The van der Waals surface area contributed by atoms with E-state index in [0.717, 1.165) is 94.3 Å². The molecule has 4 nitrogen and oxygen atoms in total. The van der Waals surface area contributed by atoms with Gasteiger partial charge < -0.3 is 18.6 Å². The van der Waals surface area contributed by atoms with Crippen molar-refractivity contribution in [2.45, 2.75) is 47.5 Å². The van der Waals surface area contributed by atoms with Gasteiger partial charge >= 0.3 is 0 Å². The maximum Gasteiger partial charge on any atom is 0.142 e. The van der Waals surface area contributed by atoms with Crippen LogP contribution < -0.4 is 9.80 Å². The summed E-state index contributed by atoms with van der Waals surface area (Å²) in [5.41, 5.74) is 16.4. The van der Waals surface area contributed by atoms with E-state index >= 15 is 0 Å². The van der Waals surface area contributed by atoms with Crippen LogP contribution in [0.25, 0.3) is 65.4 Å². The molecule has 0 unspecified atom stereocenters. The van der Waals surface area contributed by atoms with Gasteiger partial charge in [-0.25, -0.2) is 0 Å². The van der Waals surface area contributed by atoms with Crippen LogP contribution in [0.3, 0.4) is 0 Å². The first-order chi connectivity index (χ1) is 29.7. The van der Waals surface area contributed by atoms with Crippen LogP contribution in [-0.2, 0) is 0 Å². The van der Waals surface area contributed by atoms with E-state index in [4.69, 9.17) is 8.83 Å². The molecule has 4 heteroatoms. The molecule has 0 aliphatic rings. The predicted molar refractivity (Wildman–Crippen MR) is 258 cm³/mol. The van der Waals surface area contributed by atoms with Crippen LogP contribution in [0.15, 0.2) is 173 Å². The van der Waals surface area contributed by atoms with Crippen LogP contribution in [0.2, 0.25) is 0 Å². The van der Waals surface area contributed by atoms with E-state index in [1.54, 1.807) is 0 Å². The Morgan fingerprint density at radius 1 is 0.344 bits per heavy atom. The minimum absolute atomic E-state index is 0.171. The van der Waals surface area contributed by atoms with Crippen molar-refractivity contribution in [1.82, 2.24) is 0 Å². The van der Waals surface area contributed by atoms with Crippen LogP contribution in [0.5, 0.6) is 0 Å². The number of fused-ring (bicyclic) bond motifs is 8. The summed E-state index contributed by atoms with van der Waals surface area (Å²) < 4.78 is 13.8. The second-order valence-corrected chi connectivity index (χ2v) is 17.0. The normalized spacial score (nSPS) is 11.9. The molecule has 296 valence electrons. The smallest absolute Gasteiger partial charge is 0.142 e. The Balaban J connectivity index is 1.05. The Hall–Kier alpha value is -7.30. The number of rotatable bonds is 7. The number of nitrogens with zero attached hydrogens (tertiary/aromatic N) is 2. The molecule has 2 aromatic heterocycles. The molecule has 0 fully saturated rings. The summed E-state index contributed by atoms with van der Waals surface area (Å²) in [6.45, 7) is 13.1. The summed E-state index contributed by atoms with van der Waals surface area (Å²) in [4.78, 5) is 4.67. The van der Waals surface area contributed by atoms with Crippen molar-refractivity contribution in [1.29, 1.82) is 0 Å². The number of aryl methyl sites for hydroxylation is 4. The zero-order valence-corrected chi connectivity index (χ0v) is 35.4. The number of hydrogen-bond donors (Lipinski definition) is 0. The second kappa shape index (κ2) is 14.2. The highest BCUT2D eigenvalue weighted by molar-refractivity contribution is 6.20. The molecular formula is C57H46N2O2. The highest BCUT2D eigenvalue weighted by atomic mass is 16.3. The Morgan fingerprint density at radius 3 is 1.16 bits per heavy atom. The number of para-hydroxylation sites is 2. The average molecular weight is 791 g/mol. The lowest BCUT2D eigenvalue weighted by atomic mass is 9.95. The van der Waals surface area contributed by atoms with E-state index in [1.807, 2.05) is 0 Å². The van der Waals surface area contributed by atoms with Crippen molar-refractivity contribution in [2.75, 3.05) is 9.80 Å². The van der Waals surface area contributed by atoms with Gasteiger partial charge in [-0.2, -0.15) is 0 Å². The molecule has 2 heterocycles. The van der Waals surface area contributed by atoms with Crippen molar-refractivity contribution >= 4 is 99.5 Å². The predicted octanol–water partition coefficient (Wildman–Crippen LogP) is 17.1. The molecule has 0 saturated heterocycles. The highest BCUT2D eigenvalue weighted by Gasteiger charge is 2.23. The highest BCUT2D eigenvalue weighted by Crippen LogP contribution is 2.46. The van der Waals surface area contributed by atoms with E-state index in [-0.39, 0.29) is 5.92 Å². The summed E-state index contributed by atoms with van der Waals surface area (Å²) >= 11 is 0. The standard InChI is InChI=1S/C57H46N2O2/c1-34(2)55-56-51(49-29-39-19-23-47(27-41(39)31-53(49)60-56)58(43-13-9-7-10-14-43)45-21-17-35(3)37(5)25-45)33-52-50-30-40-20-24-48(28-42(40)32-54(50)61-57(52)55)59(44-15-11-8-12-16-44)46-22-18-36(4)38(6)26-46/h7-34H,1-6H3. The maximum atomic E-state index is 6.90. The van der Waals surface area contributed by atoms with Crippen molar-refractivity contribution in [3.05, 3.63) is 192 Å². The molecular weight excluding hydrogens is 745 g/mol. The SMILES string of the molecule is Cc1ccc(N(c2ccccc2)c2ccc3cc4c(cc3c2)oc2c(C(C)C)c3oc5cc6cc(N(c7ccccc7)c7ccc(C)c(C)c7)ccc6cc5c3cc24)cc1C. The molecule has 11 aromatic rings. The van der Waals surface area contributed by atoms with Gasteiger partial charge in [0, 0.05) is 61.2 Å². The van der Waals surface area contributed by atoms with Crippen LogP contribution in [0, 0.1) is 27.7 Å². The Bertz CT molecular complexity index is 3280. The van der Waals surface area contributed by atoms with Gasteiger partial charge in [-0.3, -0.25) is 0 Å². The first kappa shape index (κ1) is 36.8. The van der Waals surface area contributed by atoms with Gasteiger partial charge in [0.25, 0.3) is 0 Å². The Labute approximate surface area is 355 Å². The number of benzene rings is 9. The maximum absolute atomic E-state index is 6.90. The van der Waals surface area contributed by atoms with E-state index in [9.17, 15) is 0 Å². The molecule has 9 aromatic carbocycles. The first-order valence-corrected chi connectivity index (χ1v) is 21.3. The van der Waals surface area contributed by atoms with E-state index in [2.05, 4.69) is 215 Å². The van der Waals surface area contributed by atoms with Crippen molar-refractivity contribution in [3.63, 3.8) is 0 Å². The fraction of sp³-hybridized carbons (Fsp3) is 0.123. The number of anilines is 6. The van der Waals surface area contributed by atoms with Crippen molar-refractivity contribution in [3.8, 4) is 0 Å². The molecule has 0 aliphatic carbocycles. The average Bonchev–Trinajstić information content (AvgIpc) is 3.80. The van der Waals surface area contributed by atoms with Gasteiger partial charge in [0.2, 0.25) is 0 Å². The molecule has 0 radical (unpaired) electrons. The van der Waals surface area contributed by atoms with Gasteiger partial charge in [0.05, 0.1) is 0 Å². The van der Waals surface area contributed by atoms with E-state index in [0.29, 0.717) is 0 Å². The second-order valence-electron chi connectivity index (χ2n) is 17.0. The molecule has 11 rings (SSSR count). The number of hydrogen-bond acceptors (Lipinski definition) is 4. The monoisotopic (exact) mass is 790 g/mol. The van der Waals surface area contributed by atoms with Gasteiger partial charge in [-0.1, -0.05) is 74.5 Å². The molecule has 0 bridgehead atoms. The lowest BCUT2D eigenvalue weighted by Gasteiger charge is -2.26. The van der Waals surface area contributed by atoms with Crippen LogP contribution in [0.1, 0.15) is 47.6 Å². The molecule has 0 amide bonds. The van der Waals surface area contributed by atoms with Crippen LogP contribution in [0.4, 0.5) is 34.1 Å². The summed E-state index contributed by atoms with van der Waals surface area (Å²) in [6, 6.07) is 59.4. The molecule has 0 spiro atoms. The zero-order chi connectivity index (χ0) is 41.5. The minimum Gasteiger partial charge on any atom is -0.456 e. The van der Waals surface area contributed by atoms with Gasteiger partial charge in [0.15, 0.2) is 0 Å².